The molecule has 5 nitrogen and oxygen atoms in total. The summed E-state index contributed by atoms with van der Waals surface area (Å²) in [5.74, 6) is -0.503. The number of rotatable bonds is 2. The highest BCUT2D eigenvalue weighted by Gasteiger charge is 2.38. The molecule has 104 valence electrons. The first-order chi connectivity index (χ1) is 8.93. The van der Waals surface area contributed by atoms with Gasteiger partial charge >= 0.3 is 5.97 Å². The number of nitrogens with zero attached hydrogens (tertiary/aromatic N) is 2. The number of methoxy groups -OCH3 is 1. The Morgan fingerprint density at radius 1 is 1.42 bits per heavy atom. The molecule has 0 spiro atoms. The molecule has 1 amide bonds. The van der Waals surface area contributed by atoms with Gasteiger partial charge in [0.1, 0.15) is 5.69 Å². The molecule has 1 fully saturated rings. The van der Waals surface area contributed by atoms with Gasteiger partial charge in [0.25, 0.3) is 5.91 Å². The van der Waals surface area contributed by atoms with Crippen LogP contribution in [0.3, 0.4) is 0 Å². The predicted octanol–water partition coefficient (Wildman–Crippen LogP) is 1.56. The lowest BCUT2D eigenvalue weighted by atomic mass is 9.99. The van der Waals surface area contributed by atoms with Crippen LogP contribution in [0.25, 0.3) is 0 Å². The number of halogens is 1. The lowest BCUT2D eigenvalue weighted by Crippen LogP contribution is -2.31. The molecular weight excluding hydrogens is 268 g/mol. The summed E-state index contributed by atoms with van der Waals surface area (Å²) in [5, 5.41) is 0.530. The highest BCUT2D eigenvalue weighted by Crippen LogP contribution is 2.26. The van der Waals surface area contributed by atoms with E-state index < -0.39 is 0 Å². The van der Waals surface area contributed by atoms with Crippen molar-refractivity contribution in [3.05, 3.63) is 23.0 Å². The third-order valence-electron chi connectivity index (χ3n) is 3.59. The van der Waals surface area contributed by atoms with E-state index >= 15 is 0 Å². The lowest BCUT2D eigenvalue weighted by Gasteiger charge is -2.16. The predicted molar refractivity (Wildman–Crippen MR) is 71.0 cm³/mol. The highest BCUT2D eigenvalue weighted by atomic mass is 35.5. The van der Waals surface area contributed by atoms with Crippen LogP contribution in [0, 0.1) is 11.8 Å². The summed E-state index contributed by atoms with van der Waals surface area (Å²) < 4.78 is 6.46. The summed E-state index contributed by atoms with van der Waals surface area (Å²) in [7, 11) is 3.15. The first kappa shape index (κ1) is 13.9. The topological polar surface area (TPSA) is 51.5 Å². The van der Waals surface area contributed by atoms with Crippen molar-refractivity contribution in [2.45, 2.75) is 6.92 Å². The van der Waals surface area contributed by atoms with Crippen LogP contribution in [0.15, 0.2) is 12.3 Å². The lowest BCUT2D eigenvalue weighted by molar-refractivity contribution is -0.146. The fraction of sp³-hybridized carbons (Fsp3) is 0.538. The fourth-order valence-corrected chi connectivity index (χ4v) is 2.74. The standard InChI is InChI=1S/C13H17ClN2O3/c1-8-5-16(7-10(8)13(18)19-3)12(17)11-4-9(14)6-15(11)2/h4,6,8,10H,5,7H2,1-3H3. The summed E-state index contributed by atoms with van der Waals surface area (Å²) in [6.07, 6.45) is 1.69. The summed E-state index contributed by atoms with van der Waals surface area (Å²) in [6, 6.07) is 1.64. The first-order valence-electron chi connectivity index (χ1n) is 6.13. The summed E-state index contributed by atoms with van der Waals surface area (Å²) in [6.45, 7) is 2.91. The average molecular weight is 285 g/mol. The number of hydrogen-bond acceptors (Lipinski definition) is 3. The quantitative estimate of drug-likeness (QED) is 0.775. The van der Waals surface area contributed by atoms with Gasteiger partial charge in [-0.3, -0.25) is 9.59 Å². The summed E-state index contributed by atoms with van der Waals surface area (Å²) in [4.78, 5) is 25.7. The van der Waals surface area contributed by atoms with E-state index in [1.807, 2.05) is 6.92 Å². The molecule has 2 heterocycles. The molecule has 1 aliphatic rings. The van der Waals surface area contributed by atoms with Crippen molar-refractivity contribution in [1.29, 1.82) is 0 Å². The van der Waals surface area contributed by atoms with Crippen molar-refractivity contribution in [3.8, 4) is 0 Å². The first-order valence-corrected chi connectivity index (χ1v) is 6.50. The normalized spacial score (nSPS) is 22.6. The molecule has 6 heteroatoms. The van der Waals surface area contributed by atoms with Crippen molar-refractivity contribution >= 4 is 23.5 Å². The number of hydrogen-bond donors (Lipinski definition) is 0. The molecule has 1 saturated heterocycles. The molecule has 2 rings (SSSR count). The van der Waals surface area contributed by atoms with Crippen molar-refractivity contribution in [2.24, 2.45) is 18.9 Å². The smallest absolute Gasteiger partial charge is 0.310 e. The molecule has 1 aromatic heterocycles. The molecule has 2 unspecified atom stereocenters. The van der Waals surface area contributed by atoms with Crippen LogP contribution in [-0.2, 0) is 16.6 Å². The maximum atomic E-state index is 12.4. The highest BCUT2D eigenvalue weighted by molar-refractivity contribution is 6.31. The maximum Gasteiger partial charge on any atom is 0.310 e. The monoisotopic (exact) mass is 284 g/mol. The van der Waals surface area contributed by atoms with Gasteiger partial charge in [0.2, 0.25) is 0 Å². The Morgan fingerprint density at radius 2 is 2.11 bits per heavy atom. The van der Waals surface area contributed by atoms with E-state index in [1.54, 1.807) is 28.8 Å². The molecule has 0 saturated carbocycles. The zero-order valence-corrected chi connectivity index (χ0v) is 12.0. The number of amides is 1. The van der Waals surface area contributed by atoms with Gasteiger partial charge in [0, 0.05) is 26.3 Å². The van der Waals surface area contributed by atoms with Gasteiger partial charge in [-0.25, -0.2) is 0 Å². The van der Waals surface area contributed by atoms with Gasteiger partial charge in [-0.1, -0.05) is 18.5 Å². The van der Waals surface area contributed by atoms with Gasteiger partial charge in [0.05, 0.1) is 18.1 Å². The number of aryl methyl sites for hydroxylation is 1. The average Bonchev–Trinajstić information content (AvgIpc) is 2.90. The van der Waals surface area contributed by atoms with Crippen LogP contribution in [-0.4, -0.2) is 41.5 Å². The Bertz CT molecular complexity index is 512. The van der Waals surface area contributed by atoms with Crippen LogP contribution in [0.4, 0.5) is 0 Å². The minimum atomic E-state index is -0.257. The Kier molecular flexibility index (Phi) is 3.85. The number of esters is 1. The fourth-order valence-electron chi connectivity index (χ4n) is 2.49. The molecule has 0 N–H and O–H groups in total. The van der Waals surface area contributed by atoms with Crippen molar-refractivity contribution in [2.75, 3.05) is 20.2 Å². The Labute approximate surface area is 117 Å². The molecule has 1 aliphatic heterocycles. The van der Waals surface area contributed by atoms with E-state index in [0.717, 1.165) is 0 Å². The van der Waals surface area contributed by atoms with E-state index in [4.69, 9.17) is 16.3 Å². The largest absolute Gasteiger partial charge is 0.469 e. The molecule has 19 heavy (non-hydrogen) atoms. The second-order valence-electron chi connectivity index (χ2n) is 4.97. The number of carbonyl (C=O) groups excluding carboxylic acids is 2. The minimum absolute atomic E-state index is 0.104. The van der Waals surface area contributed by atoms with Crippen LogP contribution in [0.2, 0.25) is 5.02 Å². The Morgan fingerprint density at radius 3 is 2.63 bits per heavy atom. The molecule has 0 bridgehead atoms. The van der Waals surface area contributed by atoms with Crippen LogP contribution in [0.1, 0.15) is 17.4 Å². The van der Waals surface area contributed by atoms with Gasteiger partial charge in [-0.2, -0.15) is 0 Å². The third-order valence-corrected chi connectivity index (χ3v) is 3.80. The van der Waals surface area contributed by atoms with Crippen LogP contribution >= 0.6 is 11.6 Å². The van der Waals surface area contributed by atoms with Crippen LogP contribution in [0.5, 0.6) is 0 Å². The molecule has 0 radical (unpaired) electrons. The molecular formula is C13H17ClN2O3. The van der Waals surface area contributed by atoms with E-state index in [2.05, 4.69) is 0 Å². The molecule has 2 atom stereocenters. The zero-order valence-electron chi connectivity index (χ0n) is 11.2. The van der Waals surface area contributed by atoms with E-state index in [9.17, 15) is 9.59 Å². The SMILES string of the molecule is COC(=O)C1CN(C(=O)c2cc(Cl)cn2C)CC1C. The number of aromatic nitrogens is 1. The van der Waals surface area contributed by atoms with E-state index in [0.29, 0.717) is 23.8 Å². The second-order valence-corrected chi connectivity index (χ2v) is 5.41. The van der Waals surface area contributed by atoms with E-state index in [-0.39, 0.29) is 23.7 Å². The minimum Gasteiger partial charge on any atom is -0.469 e. The Hall–Kier alpha value is -1.49. The Balaban J connectivity index is 2.14. The molecule has 1 aromatic rings. The summed E-state index contributed by atoms with van der Waals surface area (Å²) in [5.41, 5.74) is 0.530. The molecule has 0 aromatic carbocycles. The number of carbonyl (C=O) groups is 2. The van der Waals surface area contributed by atoms with Gasteiger partial charge in [0.15, 0.2) is 0 Å². The second kappa shape index (κ2) is 5.25. The van der Waals surface area contributed by atoms with Gasteiger partial charge in [-0.05, 0) is 12.0 Å². The maximum absolute atomic E-state index is 12.4. The zero-order chi connectivity index (χ0) is 14.2. The molecule has 0 aliphatic carbocycles. The van der Waals surface area contributed by atoms with Gasteiger partial charge < -0.3 is 14.2 Å². The van der Waals surface area contributed by atoms with Crippen molar-refractivity contribution in [3.63, 3.8) is 0 Å². The summed E-state index contributed by atoms with van der Waals surface area (Å²) >= 11 is 5.88. The van der Waals surface area contributed by atoms with Crippen molar-refractivity contribution < 1.29 is 14.3 Å². The van der Waals surface area contributed by atoms with Crippen molar-refractivity contribution in [1.82, 2.24) is 9.47 Å². The number of likely N-dealkylation sites (tertiary alicyclic amines) is 1. The van der Waals surface area contributed by atoms with E-state index in [1.165, 1.54) is 7.11 Å². The van der Waals surface area contributed by atoms with Crippen LogP contribution < -0.4 is 0 Å². The van der Waals surface area contributed by atoms with Gasteiger partial charge in [-0.15, -0.1) is 0 Å². The number of ether oxygens (including phenoxy) is 1. The third kappa shape index (κ3) is 2.61.